The van der Waals surface area contributed by atoms with Gasteiger partial charge in [0, 0.05) is 25.0 Å². The van der Waals surface area contributed by atoms with Gasteiger partial charge < -0.3 is 10.5 Å². The molecule has 0 saturated carbocycles. The maximum atomic E-state index is 6.25. The van der Waals surface area contributed by atoms with Gasteiger partial charge in [0.2, 0.25) is 0 Å². The van der Waals surface area contributed by atoms with Crippen molar-refractivity contribution in [2.45, 2.75) is 25.8 Å². The highest BCUT2D eigenvalue weighted by atomic mass is 16.5. The highest BCUT2D eigenvalue weighted by molar-refractivity contribution is 5.37. The van der Waals surface area contributed by atoms with Gasteiger partial charge in [0.05, 0.1) is 7.11 Å². The minimum atomic E-state index is 0.0412. The van der Waals surface area contributed by atoms with Crippen LogP contribution >= 0.6 is 0 Å². The van der Waals surface area contributed by atoms with Gasteiger partial charge >= 0.3 is 0 Å². The van der Waals surface area contributed by atoms with Gasteiger partial charge in [-0.25, -0.2) is 0 Å². The molecule has 2 aromatic rings. The molecule has 0 bridgehead atoms. The highest BCUT2D eigenvalue weighted by Gasteiger charge is 2.09. The van der Waals surface area contributed by atoms with Crippen LogP contribution < -0.4 is 10.5 Å². The van der Waals surface area contributed by atoms with Gasteiger partial charge in [-0.1, -0.05) is 12.1 Å². The first kappa shape index (κ1) is 13.6. The Morgan fingerprint density at radius 3 is 2.74 bits per heavy atom. The molecule has 0 aliphatic carbocycles. The molecule has 1 atom stereocenters. The Kier molecular flexibility index (Phi) is 4.22. The zero-order chi connectivity index (χ0) is 13.8. The summed E-state index contributed by atoms with van der Waals surface area (Å²) in [6, 6.07) is 8.20. The van der Waals surface area contributed by atoms with Crippen molar-refractivity contribution in [3.63, 3.8) is 0 Å². The lowest BCUT2D eigenvalue weighted by Gasteiger charge is -2.14. The predicted molar refractivity (Wildman–Crippen MR) is 76.2 cm³/mol. The van der Waals surface area contributed by atoms with Crippen molar-refractivity contribution in [1.29, 1.82) is 0 Å². The Hall–Kier alpha value is -1.81. The molecule has 4 heteroatoms. The molecule has 1 aromatic heterocycles. The van der Waals surface area contributed by atoms with Gasteiger partial charge in [0.15, 0.2) is 0 Å². The fourth-order valence-electron chi connectivity index (χ4n) is 2.25. The lowest BCUT2D eigenvalue weighted by atomic mass is 10.00. The fourth-order valence-corrected chi connectivity index (χ4v) is 2.25. The van der Waals surface area contributed by atoms with E-state index in [4.69, 9.17) is 10.5 Å². The molecule has 2 N–H and O–H groups in total. The van der Waals surface area contributed by atoms with Crippen molar-refractivity contribution in [2.24, 2.45) is 12.8 Å². The molecular weight excluding hydrogens is 238 g/mol. The van der Waals surface area contributed by atoms with Gasteiger partial charge in [0.25, 0.3) is 0 Å². The number of rotatable bonds is 5. The summed E-state index contributed by atoms with van der Waals surface area (Å²) in [5, 5.41) is 4.16. The molecule has 0 aliphatic rings. The van der Waals surface area contributed by atoms with Crippen LogP contribution in [0.1, 0.15) is 29.3 Å². The van der Waals surface area contributed by atoms with E-state index in [0.29, 0.717) is 0 Å². The number of hydrogen-bond acceptors (Lipinski definition) is 3. The van der Waals surface area contributed by atoms with E-state index in [1.807, 2.05) is 43.0 Å². The molecule has 0 amide bonds. The van der Waals surface area contributed by atoms with Gasteiger partial charge in [0.1, 0.15) is 5.75 Å². The SMILES string of the molecule is COc1ccc(C(N)CCc2ccnn2C)cc1C. The highest BCUT2D eigenvalue weighted by Crippen LogP contribution is 2.23. The first-order valence-electron chi connectivity index (χ1n) is 6.49. The average Bonchev–Trinajstić information content (AvgIpc) is 2.81. The second-order valence-electron chi connectivity index (χ2n) is 4.82. The van der Waals surface area contributed by atoms with E-state index in [2.05, 4.69) is 11.2 Å². The van der Waals surface area contributed by atoms with E-state index in [-0.39, 0.29) is 6.04 Å². The van der Waals surface area contributed by atoms with Crippen molar-refractivity contribution in [3.8, 4) is 5.75 Å². The summed E-state index contributed by atoms with van der Waals surface area (Å²) in [4.78, 5) is 0. The molecule has 0 radical (unpaired) electrons. The molecule has 2 rings (SSSR count). The number of hydrogen-bond donors (Lipinski definition) is 1. The molecule has 0 saturated heterocycles. The van der Waals surface area contributed by atoms with Crippen LogP contribution in [-0.2, 0) is 13.5 Å². The first-order valence-corrected chi connectivity index (χ1v) is 6.49. The lowest BCUT2D eigenvalue weighted by molar-refractivity contribution is 0.411. The maximum Gasteiger partial charge on any atom is 0.121 e. The van der Waals surface area contributed by atoms with Gasteiger partial charge in [-0.2, -0.15) is 5.10 Å². The summed E-state index contributed by atoms with van der Waals surface area (Å²) in [7, 11) is 3.64. The van der Waals surface area contributed by atoms with Crippen LogP contribution in [0.25, 0.3) is 0 Å². The topological polar surface area (TPSA) is 53.1 Å². The second kappa shape index (κ2) is 5.89. The Labute approximate surface area is 114 Å². The monoisotopic (exact) mass is 259 g/mol. The van der Waals surface area contributed by atoms with E-state index < -0.39 is 0 Å². The predicted octanol–water partition coefficient (Wildman–Crippen LogP) is 2.37. The van der Waals surface area contributed by atoms with Crippen LogP contribution in [0.2, 0.25) is 0 Å². The van der Waals surface area contributed by atoms with Crippen LogP contribution in [0.15, 0.2) is 30.5 Å². The minimum absolute atomic E-state index is 0.0412. The zero-order valence-electron chi connectivity index (χ0n) is 11.8. The van der Waals surface area contributed by atoms with Crippen molar-refractivity contribution in [3.05, 3.63) is 47.3 Å². The molecule has 4 nitrogen and oxygen atoms in total. The summed E-state index contributed by atoms with van der Waals surface area (Å²) in [6.07, 6.45) is 3.66. The van der Waals surface area contributed by atoms with Crippen LogP contribution in [0.4, 0.5) is 0 Å². The molecule has 1 heterocycles. The third kappa shape index (κ3) is 3.15. The number of nitrogens with zero attached hydrogens (tertiary/aromatic N) is 2. The molecule has 102 valence electrons. The molecule has 19 heavy (non-hydrogen) atoms. The first-order chi connectivity index (χ1) is 9.11. The Balaban J connectivity index is 2.02. The number of aryl methyl sites for hydroxylation is 3. The standard InChI is InChI=1S/C15H21N3O/c1-11-10-12(4-7-15(11)19-3)14(16)6-5-13-8-9-17-18(13)2/h4,7-10,14H,5-6,16H2,1-3H3. The van der Waals surface area contributed by atoms with Crippen LogP contribution in [0, 0.1) is 6.92 Å². The van der Waals surface area contributed by atoms with Crippen molar-refractivity contribution in [1.82, 2.24) is 9.78 Å². The summed E-state index contributed by atoms with van der Waals surface area (Å²) in [6.45, 7) is 2.04. The summed E-state index contributed by atoms with van der Waals surface area (Å²) in [5.74, 6) is 0.905. The molecule has 1 unspecified atom stereocenters. The lowest BCUT2D eigenvalue weighted by Crippen LogP contribution is -2.12. The van der Waals surface area contributed by atoms with Crippen molar-refractivity contribution >= 4 is 0 Å². The Bertz CT molecular complexity index is 548. The van der Waals surface area contributed by atoms with Crippen LogP contribution in [0.3, 0.4) is 0 Å². The Morgan fingerprint density at radius 1 is 1.37 bits per heavy atom. The summed E-state index contributed by atoms with van der Waals surface area (Å²) in [5.41, 5.74) is 9.74. The summed E-state index contributed by atoms with van der Waals surface area (Å²) >= 11 is 0. The number of aromatic nitrogens is 2. The molecule has 0 aliphatic heterocycles. The average molecular weight is 259 g/mol. The third-order valence-corrected chi connectivity index (χ3v) is 3.48. The van der Waals surface area contributed by atoms with Crippen molar-refractivity contribution in [2.75, 3.05) is 7.11 Å². The van der Waals surface area contributed by atoms with E-state index in [0.717, 1.165) is 29.7 Å². The third-order valence-electron chi connectivity index (χ3n) is 3.48. The molecule has 0 fully saturated rings. The number of benzene rings is 1. The number of nitrogens with two attached hydrogens (primary N) is 1. The molecule has 1 aromatic carbocycles. The van der Waals surface area contributed by atoms with E-state index >= 15 is 0 Å². The van der Waals surface area contributed by atoms with Crippen LogP contribution in [0.5, 0.6) is 5.75 Å². The van der Waals surface area contributed by atoms with E-state index in [9.17, 15) is 0 Å². The second-order valence-corrected chi connectivity index (χ2v) is 4.82. The molecule has 0 spiro atoms. The normalized spacial score (nSPS) is 12.4. The van der Waals surface area contributed by atoms with Gasteiger partial charge in [-0.15, -0.1) is 0 Å². The zero-order valence-corrected chi connectivity index (χ0v) is 11.8. The molecular formula is C15H21N3O. The van der Waals surface area contributed by atoms with Crippen molar-refractivity contribution < 1.29 is 4.74 Å². The quantitative estimate of drug-likeness (QED) is 0.897. The van der Waals surface area contributed by atoms with Gasteiger partial charge in [-0.3, -0.25) is 4.68 Å². The van der Waals surface area contributed by atoms with Gasteiger partial charge in [-0.05, 0) is 43.0 Å². The number of ether oxygens (including phenoxy) is 1. The fraction of sp³-hybridized carbons (Fsp3) is 0.400. The number of methoxy groups -OCH3 is 1. The van der Waals surface area contributed by atoms with E-state index in [1.54, 1.807) is 7.11 Å². The minimum Gasteiger partial charge on any atom is -0.496 e. The van der Waals surface area contributed by atoms with Crippen LogP contribution in [-0.4, -0.2) is 16.9 Å². The largest absolute Gasteiger partial charge is 0.496 e. The Morgan fingerprint density at radius 2 is 2.16 bits per heavy atom. The maximum absolute atomic E-state index is 6.25. The summed E-state index contributed by atoms with van der Waals surface area (Å²) < 4.78 is 7.16. The van der Waals surface area contributed by atoms with E-state index in [1.165, 1.54) is 5.69 Å². The smallest absolute Gasteiger partial charge is 0.121 e.